The summed E-state index contributed by atoms with van der Waals surface area (Å²) in [5.74, 6) is -0.236. The average molecular weight is 210 g/mol. The number of halogens is 1. The molecular weight excluding hydrogens is 195 g/mol. The van der Waals surface area contributed by atoms with Crippen molar-refractivity contribution in [1.29, 1.82) is 0 Å². The van der Waals surface area contributed by atoms with Crippen molar-refractivity contribution in [2.45, 2.75) is 13.0 Å². The van der Waals surface area contributed by atoms with Gasteiger partial charge in [-0.05, 0) is 25.1 Å². The second-order valence-electron chi connectivity index (χ2n) is 3.88. The van der Waals surface area contributed by atoms with Gasteiger partial charge >= 0.3 is 0 Å². The maximum atomic E-state index is 13.0. The zero-order valence-corrected chi connectivity index (χ0v) is 8.70. The van der Waals surface area contributed by atoms with Crippen LogP contribution in [0.15, 0.2) is 18.2 Å². The van der Waals surface area contributed by atoms with Crippen molar-refractivity contribution in [2.75, 3.05) is 29.9 Å². The lowest BCUT2D eigenvalue weighted by Crippen LogP contribution is -2.38. The third-order valence-corrected chi connectivity index (χ3v) is 2.48. The van der Waals surface area contributed by atoms with Crippen LogP contribution in [0.4, 0.5) is 15.8 Å². The highest BCUT2D eigenvalue weighted by Gasteiger charge is 2.17. The number of aliphatic hydroxyl groups excluding tert-OH is 1. The topological polar surface area (TPSA) is 35.5 Å². The summed E-state index contributed by atoms with van der Waals surface area (Å²) in [5, 5.41) is 12.5. The summed E-state index contributed by atoms with van der Waals surface area (Å²) in [4.78, 5) is 2.07. The molecule has 4 heteroatoms. The number of aliphatic hydroxyl groups is 1. The Bertz CT molecular complexity index is 354. The number of hydrogen-bond donors (Lipinski definition) is 2. The fourth-order valence-corrected chi connectivity index (χ4v) is 1.88. The Hall–Kier alpha value is -1.29. The van der Waals surface area contributed by atoms with Crippen molar-refractivity contribution in [3.05, 3.63) is 24.0 Å². The summed E-state index contributed by atoms with van der Waals surface area (Å²) in [5.41, 5.74) is 1.77. The number of β-amino-alcohol motifs (C(OH)–C–C–N with tert-alkyl or cyclic N) is 1. The van der Waals surface area contributed by atoms with Crippen LogP contribution in [-0.2, 0) is 0 Å². The van der Waals surface area contributed by atoms with Crippen molar-refractivity contribution in [3.8, 4) is 0 Å². The minimum absolute atomic E-state index is 0.236. The first-order chi connectivity index (χ1) is 7.16. The maximum absolute atomic E-state index is 13.0. The molecule has 0 saturated carbocycles. The van der Waals surface area contributed by atoms with Gasteiger partial charge in [0.05, 0.1) is 17.5 Å². The highest BCUT2D eigenvalue weighted by atomic mass is 19.1. The molecule has 1 heterocycles. The van der Waals surface area contributed by atoms with E-state index in [1.807, 2.05) is 0 Å². The van der Waals surface area contributed by atoms with E-state index >= 15 is 0 Å². The van der Waals surface area contributed by atoms with Crippen molar-refractivity contribution in [2.24, 2.45) is 0 Å². The van der Waals surface area contributed by atoms with Gasteiger partial charge in [0.15, 0.2) is 0 Å². The molecule has 1 aliphatic rings. The fourth-order valence-electron chi connectivity index (χ4n) is 1.88. The van der Waals surface area contributed by atoms with E-state index in [9.17, 15) is 9.50 Å². The number of anilines is 2. The Morgan fingerprint density at radius 3 is 3.13 bits per heavy atom. The second-order valence-corrected chi connectivity index (χ2v) is 3.88. The van der Waals surface area contributed by atoms with Crippen LogP contribution in [0.25, 0.3) is 0 Å². The minimum atomic E-state index is -0.374. The molecule has 82 valence electrons. The van der Waals surface area contributed by atoms with Crippen molar-refractivity contribution in [1.82, 2.24) is 0 Å². The Morgan fingerprint density at radius 1 is 1.60 bits per heavy atom. The van der Waals surface area contributed by atoms with E-state index in [0.29, 0.717) is 6.54 Å². The normalized spacial score (nSPS) is 16.9. The average Bonchev–Trinajstić information content (AvgIpc) is 2.16. The molecule has 1 aromatic carbocycles. The molecule has 0 amide bonds. The zero-order valence-electron chi connectivity index (χ0n) is 8.70. The van der Waals surface area contributed by atoms with Gasteiger partial charge in [-0.15, -0.1) is 0 Å². The fraction of sp³-hybridized carbons (Fsp3) is 0.455. The number of hydrogen-bond acceptors (Lipinski definition) is 3. The molecule has 0 fully saturated rings. The molecule has 1 aliphatic heterocycles. The predicted molar refractivity (Wildman–Crippen MR) is 58.8 cm³/mol. The first-order valence-corrected chi connectivity index (χ1v) is 5.13. The summed E-state index contributed by atoms with van der Waals surface area (Å²) < 4.78 is 13.0. The summed E-state index contributed by atoms with van der Waals surface area (Å²) in [7, 11) is 0. The highest BCUT2D eigenvalue weighted by Crippen LogP contribution is 2.29. The predicted octanol–water partition coefficient (Wildman–Crippen LogP) is 1.44. The van der Waals surface area contributed by atoms with Gasteiger partial charge in [-0.2, -0.15) is 0 Å². The van der Waals surface area contributed by atoms with Gasteiger partial charge in [-0.25, -0.2) is 4.39 Å². The van der Waals surface area contributed by atoms with E-state index in [1.165, 1.54) is 12.1 Å². The van der Waals surface area contributed by atoms with Crippen LogP contribution in [0.5, 0.6) is 0 Å². The van der Waals surface area contributed by atoms with Gasteiger partial charge in [0, 0.05) is 19.6 Å². The lowest BCUT2D eigenvalue weighted by atomic mass is 10.2. The van der Waals surface area contributed by atoms with Crippen LogP contribution < -0.4 is 10.2 Å². The van der Waals surface area contributed by atoms with Gasteiger partial charge in [-0.3, -0.25) is 0 Å². The monoisotopic (exact) mass is 210 g/mol. The molecule has 1 unspecified atom stereocenters. The molecule has 0 aromatic heterocycles. The number of rotatable bonds is 2. The standard InChI is InChI=1S/C11H15FN2O/c1-8(15)7-14-5-4-13-10-6-9(12)2-3-11(10)14/h2-3,6,8,13,15H,4-5,7H2,1H3. The SMILES string of the molecule is CC(O)CN1CCNc2cc(F)ccc21. The molecule has 15 heavy (non-hydrogen) atoms. The molecule has 1 atom stereocenters. The third-order valence-electron chi connectivity index (χ3n) is 2.48. The smallest absolute Gasteiger partial charge is 0.125 e. The second kappa shape index (κ2) is 4.06. The Balaban J connectivity index is 2.26. The molecule has 2 rings (SSSR count). The highest BCUT2D eigenvalue weighted by molar-refractivity contribution is 5.72. The van der Waals surface area contributed by atoms with Crippen LogP contribution >= 0.6 is 0 Å². The molecule has 0 radical (unpaired) electrons. The minimum Gasteiger partial charge on any atom is -0.392 e. The van der Waals surface area contributed by atoms with Gasteiger partial charge < -0.3 is 15.3 Å². The Kier molecular flexibility index (Phi) is 2.77. The first kappa shape index (κ1) is 10.2. The molecule has 1 aromatic rings. The lowest BCUT2D eigenvalue weighted by Gasteiger charge is -2.32. The Morgan fingerprint density at radius 2 is 2.40 bits per heavy atom. The van der Waals surface area contributed by atoms with Gasteiger partial charge in [0.2, 0.25) is 0 Å². The first-order valence-electron chi connectivity index (χ1n) is 5.13. The van der Waals surface area contributed by atoms with Crippen LogP contribution in [0, 0.1) is 5.82 Å². The zero-order chi connectivity index (χ0) is 10.8. The van der Waals surface area contributed by atoms with E-state index in [0.717, 1.165) is 24.5 Å². The van der Waals surface area contributed by atoms with Crippen molar-refractivity contribution < 1.29 is 9.50 Å². The van der Waals surface area contributed by atoms with Crippen molar-refractivity contribution in [3.63, 3.8) is 0 Å². The maximum Gasteiger partial charge on any atom is 0.125 e. The van der Waals surface area contributed by atoms with E-state index in [4.69, 9.17) is 0 Å². The molecule has 0 aliphatic carbocycles. The molecule has 0 spiro atoms. The number of benzene rings is 1. The van der Waals surface area contributed by atoms with Crippen LogP contribution in [-0.4, -0.2) is 30.8 Å². The van der Waals surface area contributed by atoms with E-state index in [1.54, 1.807) is 13.0 Å². The number of nitrogens with zero attached hydrogens (tertiary/aromatic N) is 1. The van der Waals surface area contributed by atoms with E-state index in [-0.39, 0.29) is 11.9 Å². The summed E-state index contributed by atoms with van der Waals surface area (Å²) in [6.07, 6.45) is -0.374. The van der Waals surface area contributed by atoms with Gasteiger partial charge in [-0.1, -0.05) is 0 Å². The largest absolute Gasteiger partial charge is 0.392 e. The number of nitrogens with one attached hydrogen (secondary N) is 1. The van der Waals surface area contributed by atoms with Crippen LogP contribution in [0.1, 0.15) is 6.92 Å². The van der Waals surface area contributed by atoms with Crippen LogP contribution in [0.3, 0.4) is 0 Å². The molecule has 2 N–H and O–H groups in total. The summed E-state index contributed by atoms with van der Waals surface area (Å²) >= 11 is 0. The molecule has 0 bridgehead atoms. The summed E-state index contributed by atoms with van der Waals surface area (Å²) in [6, 6.07) is 4.68. The quantitative estimate of drug-likeness (QED) is 0.775. The van der Waals surface area contributed by atoms with E-state index < -0.39 is 0 Å². The van der Waals surface area contributed by atoms with Crippen LogP contribution in [0.2, 0.25) is 0 Å². The molecular formula is C11H15FN2O. The van der Waals surface area contributed by atoms with Crippen molar-refractivity contribution >= 4 is 11.4 Å². The Labute approximate surface area is 88.5 Å². The molecule has 3 nitrogen and oxygen atoms in total. The third kappa shape index (κ3) is 2.21. The van der Waals surface area contributed by atoms with Gasteiger partial charge in [0.25, 0.3) is 0 Å². The number of fused-ring (bicyclic) bond motifs is 1. The molecule has 0 saturated heterocycles. The summed E-state index contributed by atoms with van der Waals surface area (Å²) in [6.45, 7) is 3.96. The lowest BCUT2D eigenvalue weighted by molar-refractivity contribution is 0.200. The van der Waals surface area contributed by atoms with E-state index in [2.05, 4.69) is 10.2 Å². The van der Waals surface area contributed by atoms with Gasteiger partial charge in [0.1, 0.15) is 5.82 Å².